The third kappa shape index (κ3) is 6.84. The zero-order chi connectivity index (χ0) is 31.5. The van der Waals surface area contributed by atoms with E-state index in [1.807, 2.05) is 36.4 Å². The van der Waals surface area contributed by atoms with Gasteiger partial charge >= 0.3 is 28.4 Å². The summed E-state index contributed by atoms with van der Waals surface area (Å²) < 4.78 is 4.40. The minimum absolute atomic E-state index is 0. The fraction of sp³-hybridized carbons (Fsp3) is 0.300. The number of hydrogen-bond donors (Lipinski definition) is 0. The first-order valence-corrected chi connectivity index (χ1v) is 15.7. The first-order valence-electron chi connectivity index (χ1n) is 15.7. The van der Waals surface area contributed by atoms with Crippen molar-refractivity contribution in [3.63, 3.8) is 0 Å². The molecule has 4 aromatic carbocycles. The molecule has 0 unspecified atom stereocenters. The van der Waals surface area contributed by atoms with Crippen LogP contribution in [0, 0.1) is 11.3 Å². The Balaban J connectivity index is 0.000000240. The molecule has 4 nitrogen and oxygen atoms in total. The molecule has 0 saturated heterocycles. The summed E-state index contributed by atoms with van der Waals surface area (Å²) in [5.74, 6) is 1.84. The Labute approximate surface area is 284 Å². The quantitative estimate of drug-likeness (QED) is 0.127. The van der Waals surface area contributed by atoms with Crippen LogP contribution in [-0.4, -0.2) is 15.2 Å². The Morgan fingerprint density at radius 3 is 1.44 bits per heavy atom. The maximum Gasteiger partial charge on any atom is 1.00 e. The van der Waals surface area contributed by atoms with Crippen LogP contribution in [0.2, 0.25) is 0 Å². The topological polar surface area (TPSA) is 43.9 Å². The Kier molecular flexibility index (Phi) is 10.9. The molecule has 0 radical (unpaired) electrons. The summed E-state index contributed by atoms with van der Waals surface area (Å²) in [5, 5.41) is 11.1. The molecule has 5 aromatic rings. The van der Waals surface area contributed by atoms with Gasteiger partial charge in [0.05, 0.1) is 6.07 Å². The third-order valence-corrected chi connectivity index (χ3v) is 8.33. The molecule has 1 aliphatic heterocycles. The predicted molar refractivity (Wildman–Crippen MR) is 183 cm³/mol. The zero-order valence-electron chi connectivity index (χ0n) is 27.6. The maximum atomic E-state index is 8.97. The van der Waals surface area contributed by atoms with E-state index < -0.39 is 0 Å². The van der Waals surface area contributed by atoms with Crippen LogP contribution in [0.25, 0.3) is 21.8 Å². The third-order valence-electron chi connectivity index (χ3n) is 8.33. The van der Waals surface area contributed by atoms with Gasteiger partial charge < -0.3 is 4.98 Å². The van der Waals surface area contributed by atoms with Crippen LogP contribution >= 0.6 is 0 Å². The molecule has 45 heavy (non-hydrogen) atoms. The molecule has 1 aromatic heterocycles. The number of nitrogens with zero attached hydrogens (tertiary/aromatic N) is 4. The molecule has 5 heteroatoms. The van der Waals surface area contributed by atoms with Crippen molar-refractivity contribution in [3.05, 3.63) is 119 Å². The second kappa shape index (κ2) is 14.4. The fourth-order valence-corrected chi connectivity index (χ4v) is 6.04. The summed E-state index contributed by atoms with van der Waals surface area (Å²) in [6.45, 7) is 18.2. The van der Waals surface area contributed by atoms with Gasteiger partial charge in [0.25, 0.3) is 12.4 Å². The summed E-state index contributed by atoms with van der Waals surface area (Å²) in [7, 11) is 0. The van der Waals surface area contributed by atoms with Gasteiger partial charge in [0.15, 0.2) is 0 Å². The van der Waals surface area contributed by atoms with Crippen molar-refractivity contribution >= 4 is 39.2 Å². The minimum atomic E-state index is 0. The maximum absolute atomic E-state index is 8.97. The van der Waals surface area contributed by atoms with Crippen LogP contribution in [0.5, 0.6) is 0 Å². The summed E-state index contributed by atoms with van der Waals surface area (Å²) in [6.07, 6.45) is 4.32. The number of rotatable bonds is 6. The molecular weight excluding hydrogens is 733 g/mol. The molecule has 1 aliphatic rings. The summed E-state index contributed by atoms with van der Waals surface area (Å²) in [5.41, 5.74) is 10.5. The van der Waals surface area contributed by atoms with Gasteiger partial charge in [-0.05, 0) is 40.5 Å². The van der Waals surface area contributed by atoms with Crippen LogP contribution in [0.3, 0.4) is 0 Å². The van der Waals surface area contributed by atoms with Crippen molar-refractivity contribution in [2.75, 3.05) is 0 Å². The van der Waals surface area contributed by atoms with E-state index >= 15 is 0 Å². The molecule has 232 valence electrons. The number of nitriles is 1. The van der Waals surface area contributed by atoms with Gasteiger partial charge in [0.2, 0.25) is 11.4 Å². The van der Waals surface area contributed by atoms with Gasteiger partial charge in [-0.1, -0.05) is 137 Å². The van der Waals surface area contributed by atoms with Gasteiger partial charge in [0.1, 0.15) is 0 Å². The Morgan fingerprint density at radius 1 is 0.578 bits per heavy atom. The van der Waals surface area contributed by atoms with E-state index in [0.717, 1.165) is 21.8 Å². The standard InChI is InChI=1S/C27H36N2.C13H7N2.Au/c1-18(2)22-11-9-12-23(19(3)4)26(22)28-15-16-29(17-28)27-24(20(5)6)13-10-14-25(27)21(7)8;14-8-9-4-3-6-11-10-5-1-2-7-12(10)15-13(9)11;/h9-16,18-21H,1-8H3;1-7H;/q+2;-1;+1. The molecule has 0 aliphatic carbocycles. The van der Waals surface area contributed by atoms with E-state index in [2.05, 4.69) is 130 Å². The summed E-state index contributed by atoms with van der Waals surface area (Å²) in [4.78, 5) is 4.46. The van der Waals surface area contributed by atoms with E-state index in [1.165, 1.54) is 33.6 Å². The van der Waals surface area contributed by atoms with Gasteiger partial charge in [0, 0.05) is 27.8 Å². The van der Waals surface area contributed by atoms with Crippen molar-refractivity contribution in [2.24, 2.45) is 0 Å². The van der Waals surface area contributed by atoms with Crippen LogP contribution < -0.4 is 4.98 Å². The Hall–Kier alpha value is -3.97. The Morgan fingerprint density at radius 2 is 1.00 bits per heavy atom. The van der Waals surface area contributed by atoms with E-state index in [1.54, 1.807) is 6.07 Å². The van der Waals surface area contributed by atoms with E-state index in [4.69, 9.17) is 5.26 Å². The van der Waals surface area contributed by atoms with E-state index in [9.17, 15) is 0 Å². The molecule has 0 amide bonds. The average molecular weight is 777 g/mol. The van der Waals surface area contributed by atoms with Crippen molar-refractivity contribution in [1.82, 2.24) is 4.98 Å². The van der Waals surface area contributed by atoms with Crippen molar-refractivity contribution in [1.29, 1.82) is 5.26 Å². The molecule has 0 saturated carbocycles. The minimum Gasteiger partial charge on any atom is -0.656 e. The molecular formula is C40H43AuN4+2. The van der Waals surface area contributed by atoms with Crippen LogP contribution in [0.15, 0.2) is 91.3 Å². The normalized spacial score (nSPS) is 12.4. The first-order chi connectivity index (χ1) is 21.1. The SMILES string of the molecule is CC(C)c1cccc(C(C)C)c1[N+]1=C=[N+](c2c(C(C)C)cccc2C(C)C)C=C1.N#Cc1cccc2c1[n-]c1ccccc12.[Au+]. The molecule has 0 bridgehead atoms. The number of fused-ring (bicyclic) bond motifs is 3. The molecule has 0 spiro atoms. The number of aromatic nitrogens is 1. The summed E-state index contributed by atoms with van der Waals surface area (Å²) in [6, 6.07) is 32.9. The number of benzene rings is 4. The fourth-order valence-electron chi connectivity index (χ4n) is 6.04. The zero-order valence-corrected chi connectivity index (χ0v) is 29.7. The first kappa shape index (κ1) is 33.9. The second-order valence-electron chi connectivity index (χ2n) is 12.8. The van der Waals surface area contributed by atoms with Gasteiger partial charge in [-0.25, -0.2) is 0 Å². The molecule has 0 N–H and O–H groups in total. The van der Waals surface area contributed by atoms with Gasteiger partial charge in [-0.3, -0.25) is 0 Å². The van der Waals surface area contributed by atoms with Crippen LogP contribution in [-0.2, 0) is 22.4 Å². The van der Waals surface area contributed by atoms with Crippen molar-refractivity contribution < 1.29 is 31.5 Å². The van der Waals surface area contributed by atoms with E-state index in [0.29, 0.717) is 29.2 Å². The average Bonchev–Trinajstić information content (AvgIpc) is 3.65. The smallest absolute Gasteiger partial charge is 0.656 e. The largest absolute Gasteiger partial charge is 1.00 e. The number of hydrogen-bond acceptors (Lipinski definition) is 1. The monoisotopic (exact) mass is 776 g/mol. The van der Waals surface area contributed by atoms with Crippen LogP contribution in [0.4, 0.5) is 11.4 Å². The predicted octanol–water partition coefficient (Wildman–Crippen LogP) is 10.6. The Bertz CT molecular complexity index is 1850. The van der Waals surface area contributed by atoms with E-state index in [-0.39, 0.29) is 22.4 Å². The second-order valence-corrected chi connectivity index (χ2v) is 12.8. The van der Waals surface area contributed by atoms with Gasteiger partial charge in [-0.2, -0.15) is 5.26 Å². The number of para-hydroxylation sites is 4. The van der Waals surface area contributed by atoms with Crippen molar-refractivity contribution in [2.45, 2.75) is 79.1 Å². The molecule has 0 atom stereocenters. The van der Waals surface area contributed by atoms with Gasteiger partial charge in [-0.15, -0.1) is 11.0 Å². The molecule has 6 rings (SSSR count). The molecule has 0 fully saturated rings. The van der Waals surface area contributed by atoms with Crippen LogP contribution in [0.1, 0.15) is 107 Å². The van der Waals surface area contributed by atoms with Crippen molar-refractivity contribution in [3.8, 4) is 6.07 Å². The summed E-state index contributed by atoms with van der Waals surface area (Å²) >= 11 is 0. The molecule has 2 heterocycles.